The number of fused-ring (bicyclic) bond motifs is 1. The lowest BCUT2D eigenvalue weighted by atomic mass is 9.90. The number of hydrogen-bond acceptors (Lipinski definition) is 4. The van der Waals surface area contributed by atoms with Gasteiger partial charge in [0.25, 0.3) is 0 Å². The highest BCUT2D eigenvalue weighted by atomic mass is 16.4. The second-order valence-corrected chi connectivity index (χ2v) is 5.40. The van der Waals surface area contributed by atoms with Crippen molar-refractivity contribution in [3.05, 3.63) is 34.3 Å². The van der Waals surface area contributed by atoms with Gasteiger partial charge in [-0.15, -0.1) is 0 Å². The lowest BCUT2D eigenvalue weighted by molar-refractivity contribution is 0.232. The third kappa shape index (κ3) is 1.85. The number of nitrogens with one attached hydrogen (secondary N) is 1. The second-order valence-electron chi connectivity index (χ2n) is 5.40. The molecule has 2 aromatic rings. The molecule has 1 aliphatic rings. The van der Waals surface area contributed by atoms with E-state index in [2.05, 4.69) is 16.0 Å². The van der Waals surface area contributed by atoms with Gasteiger partial charge in [-0.1, -0.05) is 6.07 Å². The van der Waals surface area contributed by atoms with Crippen molar-refractivity contribution < 1.29 is 4.42 Å². The maximum Gasteiger partial charge on any atom is 0.417 e. The molecule has 0 saturated heterocycles. The first-order valence-corrected chi connectivity index (χ1v) is 6.26. The minimum Gasteiger partial charge on any atom is -0.408 e. The number of nitriles is 1. The van der Waals surface area contributed by atoms with E-state index in [-0.39, 0.29) is 11.5 Å². The zero-order valence-electron chi connectivity index (χ0n) is 10.9. The topological polar surface area (TPSA) is 73.0 Å². The van der Waals surface area contributed by atoms with E-state index in [9.17, 15) is 10.1 Å². The fourth-order valence-electron chi connectivity index (χ4n) is 2.83. The normalized spacial score (nSPS) is 18.4. The van der Waals surface area contributed by atoms with Crippen LogP contribution in [0.2, 0.25) is 0 Å². The Morgan fingerprint density at radius 2 is 2.21 bits per heavy atom. The molecular weight excluding hydrogens is 242 g/mol. The average Bonchev–Trinajstić information content (AvgIpc) is 3.04. The Balaban J connectivity index is 2.10. The summed E-state index contributed by atoms with van der Waals surface area (Å²) in [6, 6.07) is 8.11. The van der Waals surface area contributed by atoms with Crippen LogP contribution in [0.1, 0.15) is 24.4 Å². The highest BCUT2D eigenvalue weighted by Gasteiger charge is 2.51. The zero-order chi connectivity index (χ0) is 13.6. The SMILES string of the molecule is CN(C)C(c1ccc2oc(=O)[nH]c2c1)C1(C#N)CC1. The minimum absolute atomic E-state index is 0.0419. The van der Waals surface area contributed by atoms with E-state index in [4.69, 9.17) is 4.42 Å². The first-order chi connectivity index (χ1) is 9.05. The number of nitrogens with zero attached hydrogens (tertiary/aromatic N) is 2. The lowest BCUT2D eigenvalue weighted by Gasteiger charge is -2.28. The molecule has 1 atom stereocenters. The quantitative estimate of drug-likeness (QED) is 0.913. The minimum atomic E-state index is -0.449. The van der Waals surface area contributed by atoms with E-state index >= 15 is 0 Å². The fourth-order valence-corrected chi connectivity index (χ4v) is 2.83. The van der Waals surface area contributed by atoms with Crippen LogP contribution in [0.3, 0.4) is 0 Å². The molecule has 19 heavy (non-hydrogen) atoms. The Labute approximate surface area is 110 Å². The van der Waals surface area contributed by atoms with Gasteiger partial charge >= 0.3 is 5.76 Å². The molecule has 1 N–H and O–H groups in total. The molecule has 1 aromatic heterocycles. The van der Waals surface area contributed by atoms with Crippen molar-refractivity contribution in [3.63, 3.8) is 0 Å². The number of aromatic nitrogens is 1. The third-order valence-corrected chi connectivity index (χ3v) is 3.81. The van der Waals surface area contributed by atoms with Crippen LogP contribution in [0.4, 0.5) is 0 Å². The molecule has 98 valence electrons. The van der Waals surface area contributed by atoms with Gasteiger partial charge in [-0.2, -0.15) is 5.26 Å². The molecule has 0 aliphatic heterocycles. The molecule has 0 bridgehead atoms. The highest BCUT2D eigenvalue weighted by molar-refractivity contribution is 5.73. The van der Waals surface area contributed by atoms with Crippen LogP contribution in [0.25, 0.3) is 11.1 Å². The molecule has 0 radical (unpaired) electrons. The van der Waals surface area contributed by atoms with Gasteiger partial charge in [-0.3, -0.25) is 4.98 Å². The molecule has 1 heterocycles. The van der Waals surface area contributed by atoms with Gasteiger partial charge in [0.15, 0.2) is 5.58 Å². The van der Waals surface area contributed by atoms with Crippen molar-refractivity contribution in [2.24, 2.45) is 5.41 Å². The second kappa shape index (κ2) is 3.97. The molecule has 1 aliphatic carbocycles. The number of hydrogen-bond donors (Lipinski definition) is 1. The van der Waals surface area contributed by atoms with Crippen molar-refractivity contribution in [2.75, 3.05) is 14.1 Å². The number of H-pyrrole nitrogens is 1. The Bertz CT molecular complexity index is 716. The largest absolute Gasteiger partial charge is 0.417 e. The maximum absolute atomic E-state index is 11.2. The van der Waals surface area contributed by atoms with Gasteiger partial charge in [0.05, 0.1) is 23.0 Å². The van der Waals surface area contributed by atoms with E-state index in [0.29, 0.717) is 11.1 Å². The standard InChI is InChI=1S/C14H15N3O2/c1-17(2)12(14(8-15)5-6-14)9-3-4-11-10(7-9)16-13(18)19-11/h3-4,7,12H,5-6H2,1-2H3,(H,16,18). The van der Waals surface area contributed by atoms with E-state index in [1.54, 1.807) is 6.07 Å². The van der Waals surface area contributed by atoms with Gasteiger partial charge in [0, 0.05) is 0 Å². The molecule has 0 amide bonds. The summed E-state index contributed by atoms with van der Waals surface area (Å²) in [5, 5.41) is 9.40. The van der Waals surface area contributed by atoms with Gasteiger partial charge < -0.3 is 9.32 Å². The van der Waals surface area contributed by atoms with Crippen LogP contribution in [0, 0.1) is 16.7 Å². The van der Waals surface area contributed by atoms with E-state index in [1.807, 2.05) is 26.2 Å². The number of oxazole rings is 1. The zero-order valence-corrected chi connectivity index (χ0v) is 10.9. The number of aromatic amines is 1. The molecule has 5 nitrogen and oxygen atoms in total. The van der Waals surface area contributed by atoms with Crippen molar-refractivity contribution in [3.8, 4) is 6.07 Å². The van der Waals surface area contributed by atoms with Gasteiger partial charge in [0.1, 0.15) is 0 Å². The summed E-state index contributed by atoms with van der Waals surface area (Å²) in [6.45, 7) is 0. The van der Waals surface area contributed by atoms with E-state index in [0.717, 1.165) is 18.4 Å². The van der Waals surface area contributed by atoms with Crippen LogP contribution in [-0.4, -0.2) is 24.0 Å². The summed E-state index contributed by atoms with van der Waals surface area (Å²) < 4.78 is 5.00. The summed E-state index contributed by atoms with van der Waals surface area (Å²) in [6.07, 6.45) is 1.85. The summed E-state index contributed by atoms with van der Waals surface area (Å²) in [4.78, 5) is 15.9. The Kier molecular flexibility index (Phi) is 2.51. The van der Waals surface area contributed by atoms with Crippen molar-refractivity contribution in [1.82, 2.24) is 9.88 Å². The van der Waals surface area contributed by atoms with Crippen LogP contribution in [-0.2, 0) is 0 Å². The van der Waals surface area contributed by atoms with E-state index in [1.165, 1.54) is 0 Å². The van der Waals surface area contributed by atoms with Crippen molar-refractivity contribution >= 4 is 11.1 Å². The van der Waals surface area contributed by atoms with Crippen LogP contribution in [0.15, 0.2) is 27.4 Å². The molecule has 0 spiro atoms. The maximum atomic E-state index is 11.2. The fraction of sp³-hybridized carbons (Fsp3) is 0.429. The van der Waals surface area contributed by atoms with Gasteiger partial charge in [-0.25, -0.2) is 4.79 Å². The molecule has 5 heteroatoms. The van der Waals surface area contributed by atoms with Crippen molar-refractivity contribution in [1.29, 1.82) is 5.26 Å². The van der Waals surface area contributed by atoms with Crippen molar-refractivity contribution in [2.45, 2.75) is 18.9 Å². The predicted molar refractivity (Wildman–Crippen MR) is 70.5 cm³/mol. The molecule has 1 fully saturated rings. The summed E-state index contributed by atoms with van der Waals surface area (Å²) in [7, 11) is 3.95. The number of rotatable bonds is 3. The Morgan fingerprint density at radius 1 is 1.47 bits per heavy atom. The smallest absolute Gasteiger partial charge is 0.408 e. The van der Waals surface area contributed by atoms with Crippen LogP contribution < -0.4 is 5.76 Å². The highest BCUT2D eigenvalue weighted by Crippen LogP contribution is 2.56. The van der Waals surface area contributed by atoms with Gasteiger partial charge in [-0.05, 0) is 44.6 Å². The molecular formula is C14H15N3O2. The lowest BCUT2D eigenvalue weighted by Crippen LogP contribution is -2.27. The Morgan fingerprint density at radius 3 is 2.79 bits per heavy atom. The van der Waals surface area contributed by atoms with Crippen LogP contribution in [0.5, 0.6) is 0 Å². The molecule has 3 rings (SSSR count). The first kappa shape index (κ1) is 12.0. The summed E-state index contributed by atoms with van der Waals surface area (Å²) >= 11 is 0. The summed E-state index contributed by atoms with van der Waals surface area (Å²) in [5.74, 6) is -0.449. The summed E-state index contributed by atoms with van der Waals surface area (Å²) in [5.41, 5.74) is 1.98. The molecule has 1 aromatic carbocycles. The monoisotopic (exact) mass is 257 g/mol. The molecule has 1 unspecified atom stereocenters. The molecule has 1 saturated carbocycles. The first-order valence-electron chi connectivity index (χ1n) is 6.26. The van der Waals surface area contributed by atoms with Crippen LogP contribution >= 0.6 is 0 Å². The number of benzene rings is 1. The third-order valence-electron chi connectivity index (χ3n) is 3.81. The predicted octanol–water partition coefficient (Wildman–Crippen LogP) is 2.03. The Hall–Kier alpha value is -2.06. The average molecular weight is 257 g/mol. The van der Waals surface area contributed by atoms with E-state index < -0.39 is 5.76 Å². The van der Waals surface area contributed by atoms with Gasteiger partial charge in [0.2, 0.25) is 0 Å².